The van der Waals surface area contributed by atoms with Gasteiger partial charge in [0.15, 0.2) is 0 Å². The smallest absolute Gasteiger partial charge is 0.143 e. The van der Waals surface area contributed by atoms with Crippen LogP contribution in [0.25, 0.3) is 0 Å². The number of nitrogens with two attached hydrogens (primary N) is 1. The minimum atomic E-state index is -0.251. The van der Waals surface area contributed by atoms with Crippen molar-refractivity contribution in [1.29, 1.82) is 0 Å². The first kappa shape index (κ1) is 12.5. The van der Waals surface area contributed by atoms with E-state index in [0.29, 0.717) is 5.82 Å². The molecule has 0 saturated heterocycles. The summed E-state index contributed by atoms with van der Waals surface area (Å²) in [5.41, 5.74) is 4.41. The van der Waals surface area contributed by atoms with Gasteiger partial charge in [-0.3, -0.25) is 0 Å². The summed E-state index contributed by atoms with van der Waals surface area (Å²) in [6.07, 6.45) is 0. The van der Waals surface area contributed by atoms with Crippen molar-refractivity contribution in [2.24, 2.45) is 5.84 Å². The Morgan fingerprint density at radius 2 is 1.78 bits per heavy atom. The number of hydrogen-bond donors (Lipinski definition) is 2. The Hall–Kier alpha value is -1.94. The number of nitrogens with one attached hydrogen (secondary N) is 1. The summed E-state index contributed by atoms with van der Waals surface area (Å²) in [5.74, 6) is 6.83. The lowest BCUT2D eigenvalue weighted by Crippen LogP contribution is -2.24. The van der Waals surface area contributed by atoms with Crippen LogP contribution in [0.1, 0.15) is 30.9 Å². The molecule has 0 atom stereocenters. The number of nitrogen functional groups attached to an aromatic ring is 1. The number of nitrogens with zero attached hydrogens (tertiary/aromatic N) is 2. The van der Waals surface area contributed by atoms with Crippen LogP contribution in [0.4, 0.5) is 5.82 Å². The predicted octanol–water partition coefficient (Wildman–Crippen LogP) is 2.40. The minimum Gasteiger partial charge on any atom is -0.308 e. The maximum atomic E-state index is 5.43. The highest BCUT2D eigenvalue weighted by molar-refractivity contribution is 5.38. The quantitative estimate of drug-likeness (QED) is 0.641. The monoisotopic (exact) mass is 242 g/mol. The molecular formula is C14H18N4. The molecule has 0 spiro atoms. The SMILES string of the molecule is Cc1cc(NN)nc(C(C)(C)c2ccccc2)n1. The van der Waals surface area contributed by atoms with E-state index in [0.717, 1.165) is 11.5 Å². The highest BCUT2D eigenvalue weighted by Gasteiger charge is 2.26. The Morgan fingerprint density at radius 3 is 2.39 bits per heavy atom. The molecule has 2 rings (SSSR count). The fourth-order valence-electron chi connectivity index (χ4n) is 1.91. The number of aromatic nitrogens is 2. The van der Waals surface area contributed by atoms with E-state index in [-0.39, 0.29) is 5.41 Å². The summed E-state index contributed by atoms with van der Waals surface area (Å²) in [4.78, 5) is 8.98. The van der Waals surface area contributed by atoms with Gasteiger partial charge in [0.1, 0.15) is 11.6 Å². The van der Waals surface area contributed by atoms with Gasteiger partial charge >= 0.3 is 0 Å². The van der Waals surface area contributed by atoms with E-state index in [4.69, 9.17) is 5.84 Å². The summed E-state index contributed by atoms with van der Waals surface area (Å²) in [6.45, 7) is 6.15. The first-order valence-corrected chi connectivity index (χ1v) is 5.92. The first-order chi connectivity index (χ1) is 8.54. The maximum Gasteiger partial charge on any atom is 0.143 e. The van der Waals surface area contributed by atoms with Crippen molar-refractivity contribution in [2.45, 2.75) is 26.2 Å². The largest absolute Gasteiger partial charge is 0.308 e. The second-order valence-corrected chi connectivity index (χ2v) is 4.85. The Labute approximate surface area is 107 Å². The van der Waals surface area contributed by atoms with E-state index < -0.39 is 0 Å². The molecule has 0 fully saturated rings. The Kier molecular flexibility index (Phi) is 3.30. The Balaban J connectivity index is 2.50. The van der Waals surface area contributed by atoms with Crippen molar-refractivity contribution in [2.75, 3.05) is 5.43 Å². The van der Waals surface area contributed by atoms with Gasteiger partial charge in [0.05, 0.1) is 0 Å². The maximum absolute atomic E-state index is 5.43. The van der Waals surface area contributed by atoms with Crippen LogP contribution < -0.4 is 11.3 Å². The lowest BCUT2D eigenvalue weighted by Gasteiger charge is -2.24. The van der Waals surface area contributed by atoms with E-state index in [9.17, 15) is 0 Å². The highest BCUT2D eigenvalue weighted by atomic mass is 15.3. The lowest BCUT2D eigenvalue weighted by molar-refractivity contribution is 0.588. The van der Waals surface area contributed by atoms with Gasteiger partial charge in [0, 0.05) is 17.2 Å². The molecule has 0 saturated carbocycles. The average molecular weight is 242 g/mol. The van der Waals surface area contributed by atoms with Gasteiger partial charge in [0.25, 0.3) is 0 Å². The molecule has 18 heavy (non-hydrogen) atoms. The van der Waals surface area contributed by atoms with E-state index in [1.165, 1.54) is 5.56 Å². The van der Waals surface area contributed by atoms with Crippen molar-refractivity contribution in [3.05, 3.63) is 53.5 Å². The molecular weight excluding hydrogens is 224 g/mol. The summed E-state index contributed by atoms with van der Waals surface area (Å²) < 4.78 is 0. The van der Waals surface area contributed by atoms with Gasteiger partial charge < -0.3 is 5.43 Å². The van der Waals surface area contributed by atoms with Crippen LogP contribution in [-0.4, -0.2) is 9.97 Å². The van der Waals surface area contributed by atoms with Crippen LogP contribution in [0.2, 0.25) is 0 Å². The second kappa shape index (κ2) is 4.74. The van der Waals surface area contributed by atoms with Crippen molar-refractivity contribution in [1.82, 2.24) is 9.97 Å². The minimum absolute atomic E-state index is 0.251. The van der Waals surface area contributed by atoms with Gasteiger partial charge in [-0.05, 0) is 26.3 Å². The average Bonchev–Trinajstić information content (AvgIpc) is 2.39. The number of hydrogen-bond acceptors (Lipinski definition) is 4. The number of rotatable bonds is 3. The summed E-state index contributed by atoms with van der Waals surface area (Å²) >= 11 is 0. The predicted molar refractivity (Wildman–Crippen MR) is 73.1 cm³/mol. The molecule has 0 aliphatic carbocycles. The van der Waals surface area contributed by atoms with Crippen LogP contribution in [0.3, 0.4) is 0 Å². The number of aryl methyl sites for hydroxylation is 1. The fourth-order valence-corrected chi connectivity index (χ4v) is 1.91. The van der Waals surface area contributed by atoms with Crippen molar-refractivity contribution >= 4 is 5.82 Å². The number of benzene rings is 1. The molecule has 0 radical (unpaired) electrons. The zero-order valence-electron chi connectivity index (χ0n) is 10.9. The molecule has 1 aromatic heterocycles. The van der Waals surface area contributed by atoms with Crippen LogP contribution in [0.5, 0.6) is 0 Å². The molecule has 0 aliphatic rings. The molecule has 1 aromatic carbocycles. The van der Waals surface area contributed by atoms with E-state index >= 15 is 0 Å². The molecule has 4 heteroatoms. The molecule has 0 unspecified atom stereocenters. The molecule has 0 amide bonds. The van der Waals surface area contributed by atoms with Gasteiger partial charge in [0.2, 0.25) is 0 Å². The van der Waals surface area contributed by atoms with Gasteiger partial charge in [-0.25, -0.2) is 15.8 Å². The van der Waals surface area contributed by atoms with Crippen LogP contribution in [0.15, 0.2) is 36.4 Å². The topological polar surface area (TPSA) is 63.8 Å². The lowest BCUT2D eigenvalue weighted by atomic mass is 9.83. The summed E-state index contributed by atoms with van der Waals surface area (Å²) in [6, 6.07) is 12.0. The fraction of sp³-hybridized carbons (Fsp3) is 0.286. The normalized spacial score (nSPS) is 11.3. The number of anilines is 1. The highest BCUT2D eigenvalue weighted by Crippen LogP contribution is 2.29. The third kappa shape index (κ3) is 2.33. The molecule has 4 nitrogen and oxygen atoms in total. The summed E-state index contributed by atoms with van der Waals surface area (Å²) in [7, 11) is 0. The molecule has 94 valence electrons. The molecule has 3 N–H and O–H groups in total. The Bertz CT molecular complexity index is 535. The Morgan fingerprint density at radius 1 is 1.11 bits per heavy atom. The van der Waals surface area contributed by atoms with Crippen LogP contribution in [0, 0.1) is 6.92 Å². The number of hydrazine groups is 1. The van der Waals surface area contributed by atoms with E-state index in [1.54, 1.807) is 0 Å². The van der Waals surface area contributed by atoms with Gasteiger partial charge in [-0.15, -0.1) is 0 Å². The van der Waals surface area contributed by atoms with Gasteiger partial charge in [-0.2, -0.15) is 0 Å². The zero-order valence-corrected chi connectivity index (χ0v) is 10.9. The standard InChI is InChI=1S/C14H18N4/c1-10-9-12(18-15)17-13(16-10)14(2,3)11-7-5-4-6-8-11/h4-9H,15H2,1-3H3,(H,16,17,18). The molecule has 0 aliphatic heterocycles. The second-order valence-electron chi connectivity index (χ2n) is 4.85. The zero-order chi connectivity index (χ0) is 13.2. The van der Waals surface area contributed by atoms with Crippen molar-refractivity contribution in [3.8, 4) is 0 Å². The third-order valence-electron chi connectivity index (χ3n) is 3.06. The van der Waals surface area contributed by atoms with Crippen molar-refractivity contribution in [3.63, 3.8) is 0 Å². The van der Waals surface area contributed by atoms with E-state index in [1.807, 2.05) is 31.2 Å². The van der Waals surface area contributed by atoms with Crippen LogP contribution >= 0.6 is 0 Å². The van der Waals surface area contributed by atoms with E-state index in [2.05, 4.69) is 41.4 Å². The van der Waals surface area contributed by atoms with Crippen LogP contribution in [-0.2, 0) is 5.41 Å². The molecule has 0 bridgehead atoms. The summed E-state index contributed by atoms with van der Waals surface area (Å²) in [5, 5.41) is 0. The first-order valence-electron chi connectivity index (χ1n) is 5.92. The molecule has 2 aromatic rings. The van der Waals surface area contributed by atoms with Crippen molar-refractivity contribution < 1.29 is 0 Å². The third-order valence-corrected chi connectivity index (χ3v) is 3.06. The molecule has 1 heterocycles. The van der Waals surface area contributed by atoms with Gasteiger partial charge in [-0.1, -0.05) is 30.3 Å².